The van der Waals surface area contributed by atoms with Crippen LogP contribution in [0.2, 0.25) is 0 Å². The summed E-state index contributed by atoms with van der Waals surface area (Å²) in [5, 5.41) is 9.38. The monoisotopic (exact) mass is 331 g/mol. The van der Waals surface area contributed by atoms with Crippen molar-refractivity contribution in [1.82, 2.24) is 0 Å². The number of hydrogen-bond donors (Lipinski definition) is 1. The molecular weight excluding hydrogens is 310 g/mol. The number of aromatic hydroxyl groups is 1. The Bertz CT molecular complexity index is 824. The molecule has 0 saturated heterocycles. The van der Waals surface area contributed by atoms with E-state index >= 15 is 0 Å². The Hall–Kier alpha value is -3.07. The summed E-state index contributed by atoms with van der Waals surface area (Å²) in [4.78, 5) is 13.7. The first-order valence-corrected chi connectivity index (χ1v) is 8.35. The number of nitrogens with zero attached hydrogens (tertiary/aromatic N) is 1. The normalized spacial score (nSPS) is 10.4. The largest absolute Gasteiger partial charge is 0.508 e. The lowest BCUT2D eigenvalue weighted by molar-refractivity contribution is -0.116. The van der Waals surface area contributed by atoms with Crippen LogP contribution in [0.25, 0.3) is 11.1 Å². The summed E-state index contributed by atoms with van der Waals surface area (Å²) in [6.45, 7) is 2.25. The minimum atomic E-state index is 0.0481. The number of carbonyl (C=O) groups is 1. The summed E-state index contributed by atoms with van der Waals surface area (Å²) >= 11 is 0. The molecule has 0 unspecified atom stereocenters. The van der Waals surface area contributed by atoms with Crippen LogP contribution >= 0.6 is 0 Å². The van der Waals surface area contributed by atoms with E-state index in [4.69, 9.17) is 0 Å². The number of hydrogen-bond acceptors (Lipinski definition) is 2. The fourth-order valence-electron chi connectivity index (χ4n) is 2.83. The Morgan fingerprint density at radius 1 is 0.840 bits per heavy atom. The maximum Gasteiger partial charge on any atom is 0.223 e. The second kappa shape index (κ2) is 7.67. The van der Waals surface area contributed by atoms with Gasteiger partial charge in [-0.3, -0.25) is 4.79 Å². The molecule has 0 aliphatic heterocycles. The molecule has 3 rings (SSSR count). The van der Waals surface area contributed by atoms with E-state index in [0.29, 0.717) is 6.54 Å². The molecule has 3 heteroatoms. The van der Waals surface area contributed by atoms with E-state index < -0.39 is 0 Å². The molecule has 1 amide bonds. The first-order chi connectivity index (χ1) is 12.1. The SMILES string of the molecule is CC(=O)N(CCc1ccc(-c2ccc(O)cc2)cc1)c1ccccc1. The summed E-state index contributed by atoms with van der Waals surface area (Å²) in [6.07, 6.45) is 0.796. The molecule has 3 nitrogen and oxygen atoms in total. The van der Waals surface area contributed by atoms with Crippen LogP contribution in [0.15, 0.2) is 78.9 Å². The molecule has 0 aliphatic rings. The molecule has 3 aromatic carbocycles. The lowest BCUT2D eigenvalue weighted by Gasteiger charge is -2.21. The van der Waals surface area contributed by atoms with Gasteiger partial charge in [0.25, 0.3) is 0 Å². The average Bonchev–Trinajstić information content (AvgIpc) is 2.64. The lowest BCUT2D eigenvalue weighted by atomic mass is 10.0. The third-order valence-electron chi connectivity index (χ3n) is 4.23. The molecular formula is C22H21NO2. The van der Waals surface area contributed by atoms with Crippen LogP contribution in [0.1, 0.15) is 12.5 Å². The van der Waals surface area contributed by atoms with Gasteiger partial charge in [0.1, 0.15) is 5.75 Å². The third-order valence-corrected chi connectivity index (χ3v) is 4.23. The Labute approximate surface area is 148 Å². The molecule has 1 N–H and O–H groups in total. The van der Waals surface area contributed by atoms with Crippen molar-refractivity contribution in [1.29, 1.82) is 0 Å². The van der Waals surface area contributed by atoms with Crippen molar-refractivity contribution in [2.45, 2.75) is 13.3 Å². The van der Waals surface area contributed by atoms with Crippen molar-refractivity contribution in [3.63, 3.8) is 0 Å². The number of rotatable bonds is 5. The number of phenols is 1. The predicted molar refractivity (Wildman–Crippen MR) is 102 cm³/mol. The van der Waals surface area contributed by atoms with E-state index in [1.54, 1.807) is 24.0 Å². The number of amides is 1. The van der Waals surface area contributed by atoms with Crippen molar-refractivity contribution in [2.24, 2.45) is 0 Å². The van der Waals surface area contributed by atoms with Gasteiger partial charge in [-0.15, -0.1) is 0 Å². The van der Waals surface area contributed by atoms with Crippen molar-refractivity contribution in [3.05, 3.63) is 84.4 Å². The zero-order valence-corrected chi connectivity index (χ0v) is 14.2. The summed E-state index contributed by atoms with van der Waals surface area (Å²) in [6, 6.07) is 25.2. The zero-order chi connectivity index (χ0) is 17.6. The maximum absolute atomic E-state index is 11.9. The standard InChI is InChI=1S/C22H21NO2/c1-17(24)23(21-5-3-2-4-6-21)16-15-18-7-9-19(10-8-18)20-11-13-22(25)14-12-20/h2-14,25H,15-16H2,1H3. The number of carbonyl (C=O) groups excluding carboxylic acids is 1. The molecule has 0 saturated carbocycles. The Morgan fingerprint density at radius 2 is 1.40 bits per heavy atom. The Kier molecular flexibility index (Phi) is 5.14. The third kappa shape index (κ3) is 4.27. The number of anilines is 1. The van der Waals surface area contributed by atoms with Gasteiger partial charge in [0, 0.05) is 19.2 Å². The van der Waals surface area contributed by atoms with Crippen LogP contribution in [0.3, 0.4) is 0 Å². The number of benzene rings is 3. The van der Waals surface area contributed by atoms with Gasteiger partial charge in [-0.1, -0.05) is 54.6 Å². The summed E-state index contributed by atoms with van der Waals surface area (Å²) < 4.78 is 0. The van der Waals surface area contributed by atoms with Crippen LogP contribution in [-0.4, -0.2) is 17.6 Å². The first kappa shape index (κ1) is 16.8. The lowest BCUT2D eigenvalue weighted by Crippen LogP contribution is -2.30. The summed E-state index contributed by atoms with van der Waals surface area (Å²) in [7, 11) is 0. The molecule has 25 heavy (non-hydrogen) atoms. The average molecular weight is 331 g/mol. The Balaban J connectivity index is 1.68. The van der Waals surface area contributed by atoms with Crippen molar-refractivity contribution < 1.29 is 9.90 Å². The molecule has 126 valence electrons. The van der Waals surface area contributed by atoms with Crippen LogP contribution in [0, 0.1) is 0 Å². The topological polar surface area (TPSA) is 40.5 Å². The smallest absolute Gasteiger partial charge is 0.223 e. The quantitative estimate of drug-likeness (QED) is 0.739. The van der Waals surface area contributed by atoms with Crippen molar-refractivity contribution in [2.75, 3.05) is 11.4 Å². The second-order valence-corrected chi connectivity index (χ2v) is 6.00. The molecule has 0 radical (unpaired) electrons. The van der Waals surface area contributed by atoms with E-state index in [-0.39, 0.29) is 11.7 Å². The van der Waals surface area contributed by atoms with Gasteiger partial charge in [-0.25, -0.2) is 0 Å². The molecule has 0 aromatic heterocycles. The van der Waals surface area contributed by atoms with E-state index in [1.807, 2.05) is 42.5 Å². The van der Waals surface area contributed by atoms with Gasteiger partial charge < -0.3 is 10.0 Å². The molecule has 0 atom stereocenters. The fourth-order valence-corrected chi connectivity index (χ4v) is 2.83. The zero-order valence-electron chi connectivity index (χ0n) is 14.2. The molecule has 3 aromatic rings. The molecule has 0 aliphatic carbocycles. The Morgan fingerprint density at radius 3 is 1.96 bits per heavy atom. The number of para-hydroxylation sites is 1. The summed E-state index contributed by atoms with van der Waals surface area (Å²) in [5.74, 6) is 0.317. The van der Waals surface area contributed by atoms with Crippen LogP contribution in [0.4, 0.5) is 5.69 Å². The van der Waals surface area contributed by atoms with Crippen molar-refractivity contribution in [3.8, 4) is 16.9 Å². The highest BCUT2D eigenvalue weighted by molar-refractivity contribution is 5.91. The number of phenolic OH excluding ortho intramolecular Hbond substituents is 1. The van der Waals surface area contributed by atoms with Gasteiger partial charge >= 0.3 is 0 Å². The highest BCUT2D eigenvalue weighted by Gasteiger charge is 2.10. The van der Waals surface area contributed by atoms with E-state index in [0.717, 1.165) is 23.2 Å². The minimum Gasteiger partial charge on any atom is -0.508 e. The molecule has 0 heterocycles. The molecule has 0 fully saturated rings. The van der Waals surface area contributed by atoms with Crippen LogP contribution in [-0.2, 0) is 11.2 Å². The van der Waals surface area contributed by atoms with E-state index in [9.17, 15) is 9.90 Å². The van der Waals surface area contributed by atoms with Crippen LogP contribution in [0.5, 0.6) is 5.75 Å². The van der Waals surface area contributed by atoms with Gasteiger partial charge in [0.05, 0.1) is 0 Å². The van der Waals surface area contributed by atoms with E-state index in [1.165, 1.54) is 5.56 Å². The van der Waals surface area contributed by atoms with E-state index in [2.05, 4.69) is 24.3 Å². The maximum atomic E-state index is 11.9. The predicted octanol–water partition coefficient (Wildman–Crippen LogP) is 4.65. The molecule has 0 spiro atoms. The second-order valence-electron chi connectivity index (χ2n) is 6.00. The molecule has 0 bridgehead atoms. The highest BCUT2D eigenvalue weighted by Crippen LogP contribution is 2.22. The van der Waals surface area contributed by atoms with Crippen LogP contribution < -0.4 is 4.90 Å². The van der Waals surface area contributed by atoms with Gasteiger partial charge in [-0.2, -0.15) is 0 Å². The van der Waals surface area contributed by atoms with Crippen molar-refractivity contribution >= 4 is 11.6 Å². The minimum absolute atomic E-state index is 0.0481. The fraction of sp³-hybridized carbons (Fsp3) is 0.136. The van der Waals surface area contributed by atoms with Gasteiger partial charge in [0.2, 0.25) is 5.91 Å². The highest BCUT2D eigenvalue weighted by atomic mass is 16.3. The first-order valence-electron chi connectivity index (χ1n) is 8.35. The summed E-state index contributed by atoms with van der Waals surface area (Å²) in [5.41, 5.74) is 4.29. The van der Waals surface area contributed by atoms with Gasteiger partial charge in [-0.05, 0) is 47.4 Å². The van der Waals surface area contributed by atoms with Gasteiger partial charge in [0.15, 0.2) is 0 Å².